The SMILES string of the molecule is O=C(O)C1=C(I)CS[C@H]2CC(=O)N12. The Hall–Kier alpha value is -0.240. The molecule has 0 unspecified atom stereocenters. The van der Waals surface area contributed by atoms with E-state index in [9.17, 15) is 9.59 Å². The Morgan fingerprint density at radius 3 is 2.85 bits per heavy atom. The molecule has 1 saturated heterocycles. The van der Waals surface area contributed by atoms with Gasteiger partial charge in [-0.05, 0) is 22.6 Å². The summed E-state index contributed by atoms with van der Waals surface area (Å²) in [6.45, 7) is 0. The first-order chi connectivity index (χ1) is 6.11. The van der Waals surface area contributed by atoms with Crippen molar-refractivity contribution in [3.63, 3.8) is 0 Å². The molecule has 1 fully saturated rings. The number of carboxylic acids is 1. The van der Waals surface area contributed by atoms with Gasteiger partial charge in [-0.2, -0.15) is 0 Å². The lowest BCUT2D eigenvalue weighted by molar-refractivity contribution is -0.146. The van der Waals surface area contributed by atoms with E-state index in [4.69, 9.17) is 5.11 Å². The van der Waals surface area contributed by atoms with Gasteiger partial charge in [0, 0.05) is 9.33 Å². The Morgan fingerprint density at radius 1 is 1.69 bits per heavy atom. The van der Waals surface area contributed by atoms with Crippen LogP contribution in [0.5, 0.6) is 0 Å². The van der Waals surface area contributed by atoms with E-state index in [-0.39, 0.29) is 17.0 Å². The lowest BCUT2D eigenvalue weighted by Gasteiger charge is -2.43. The zero-order valence-electron chi connectivity index (χ0n) is 6.49. The second-order valence-corrected chi connectivity index (χ2v) is 5.26. The van der Waals surface area contributed by atoms with Crippen LogP contribution in [0.15, 0.2) is 9.28 Å². The largest absolute Gasteiger partial charge is 0.477 e. The Labute approximate surface area is 92.5 Å². The molecule has 1 atom stereocenters. The highest BCUT2D eigenvalue weighted by molar-refractivity contribution is 14.1. The van der Waals surface area contributed by atoms with Crippen LogP contribution in [-0.2, 0) is 9.59 Å². The van der Waals surface area contributed by atoms with Gasteiger partial charge in [-0.25, -0.2) is 4.79 Å². The summed E-state index contributed by atoms with van der Waals surface area (Å²) in [4.78, 5) is 23.4. The number of halogens is 1. The fraction of sp³-hybridized carbons (Fsp3) is 0.429. The standard InChI is InChI=1S/C7H6INO3S/c8-3-2-13-5-1-4(10)9(5)6(3)7(11)12/h5H,1-2H2,(H,11,12)/t5-/m0/s1. The summed E-state index contributed by atoms with van der Waals surface area (Å²) >= 11 is 3.61. The van der Waals surface area contributed by atoms with E-state index in [1.54, 1.807) is 11.8 Å². The maximum absolute atomic E-state index is 11.1. The van der Waals surface area contributed by atoms with Crippen LogP contribution in [0.2, 0.25) is 0 Å². The van der Waals surface area contributed by atoms with Gasteiger partial charge in [0.15, 0.2) is 0 Å². The molecule has 2 heterocycles. The quantitative estimate of drug-likeness (QED) is 0.580. The van der Waals surface area contributed by atoms with Crippen molar-refractivity contribution in [2.24, 2.45) is 0 Å². The minimum atomic E-state index is -0.997. The Balaban J connectivity index is 2.37. The number of amides is 1. The number of nitrogens with zero attached hydrogens (tertiary/aromatic N) is 1. The molecule has 70 valence electrons. The molecular formula is C7H6INO3S. The average molecular weight is 311 g/mol. The lowest BCUT2D eigenvalue weighted by atomic mass is 10.1. The number of carbonyl (C=O) groups excluding carboxylic acids is 1. The highest BCUT2D eigenvalue weighted by Gasteiger charge is 2.44. The molecule has 0 spiro atoms. The summed E-state index contributed by atoms with van der Waals surface area (Å²) in [6, 6.07) is 0. The summed E-state index contributed by atoms with van der Waals surface area (Å²) < 4.78 is 0.749. The maximum Gasteiger partial charge on any atom is 0.353 e. The van der Waals surface area contributed by atoms with Crippen LogP contribution >= 0.6 is 34.4 Å². The molecule has 2 aliphatic rings. The summed E-state index contributed by atoms with van der Waals surface area (Å²) in [7, 11) is 0. The topological polar surface area (TPSA) is 57.6 Å². The third-order valence-corrected chi connectivity index (χ3v) is 4.64. The maximum atomic E-state index is 11.1. The predicted molar refractivity (Wildman–Crippen MR) is 56.4 cm³/mol. The van der Waals surface area contributed by atoms with Crippen molar-refractivity contribution in [3.8, 4) is 0 Å². The van der Waals surface area contributed by atoms with E-state index in [0.29, 0.717) is 12.2 Å². The van der Waals surface area contributed by atoms with E-state index in [1.807, 2.05) is 22.6 Å². The third-order valence-electron chi connectivity index (χ3n) is 2.01. The van der Waals surface area contributed by atoms with E-state index in [0.717, 1.165) is 3.58 Å². The smallest absolute Gasteiger partial charge is 0.353 e. The molecule has 6 heteroatoms. The number of rotatable bonds is 1. The van der Waals surface area contributed by atoms with Gasteiger partial charge in [0.1, 0.15) is 5.70 Å². The number of hydrogen-bond acceptors (Lipinski definition) is 3. The summed E-state index contributed by atoms with van der Waals surface area (Å²) in [5.74, 6) is -0.372. The first-order valence-corrected chi connectivity index (χ1v) is 5.79. The second-order valence-electron chi connectivity index (χ2n) is 2.79. The number of aliphatic carboxylic acids is 1. The van der Waals surface area contributed by atoms with Crippen molar-refractivity contribution in [2.75, 3.05) is 5.75 Å². The highest BCUT2D eigenvalue weighted by atomic mass is 127. The lowest BCUT2D eigenvalue weighted by Crippen LogP contribution is -2.53. The molecule has 0 aromatic carbocycles. The molecule has 0 aromatic rings. The van der Waals surface area contributed by atoms with Gasteiger partial charge in [0.25, 0.3) is 0 Å². The number of carboxylic acid groups (broad SMARTS) is 1. The van der Waals surface area contributed by atoms with E-state index in [2.05, 4.69) is 0 Å². The molecule has 2 rings (SSSR count). The van der Waals surface area contributed by atoms with Gasteiger partial charge in [-0.1, -0.05) is 0 Å². The number of β-lactam (4-membered cyclic amide) rings is 1. The molecule has 0 bridgehead atoms. The number of thioether (sulfide) groups is 1. The number of hydrogen-bond donors (Lipinski definition) is 1. The summed E-state index contributed by atoms with van der Waals surface area (Å²) in [5.41, 5.74) is 0.181. The van der Waals surface area contributed by atoms with Crippen molar-refractivity contribution < 1.29 is 14.7 Å². The van der Waals surface area contributed by atoms with Crippen LogP contribution in [0.3, 0.4) is 0 Å². The molecular weight excluding hydrogens is 305 g/mol. The van der Waals surface area contributed by atoms with Crippen LogP contribution in [0.1, 0.15) is 6.42 Å². The molecule has 2 aliphatic heterocycles. The van der Waals surface area contributed by atoms with E-state index in [1.165, 1.54) is 4.90 Å². The first-order valence-electron chi connectivity index (χ1n) is 3.67. The van der Waals surface area contributed by atoms with E-state index >= 15 is 0 Å². The van der Waals surface area contributed by atoms with Crippen molar-refractivity contribution in [3.05, 3.63) is 9.28 Å². The van der Waals surface area contributed by atoms with Gasteiger partial charge in [-0.15, -0.1) is 11.8 Å². The van der Waals surface area contributed by atoms with Crippen LogP contribution < -0.4 is 0 Å². The molecule has 1 amide bonds. The van der Waals surface area contributed by atoms with Crippen molar-refractivity contribution in [2.45, 2.75) is 11.8 Å². The third kappa shape index (κ3) is 1.35. The Morgan fingerprint density at radius 2 is 2.38 bits per heavy atom. The van der Waals surface area contributed by atoms with Crippen molar-refractivity contribution in [1.82, 2.24) is 4.90 Å². The highest BCUT2D eigenvalue weighted by Crippen LogP contribution is 2.41. The predicted octanol–water partition coefficient (Wildman–Crippen LogP) is 1.02. The fourth-order valence-electron chi connectivity index (χ4n) is 1.38. The summed E-state index contributed by atoms with van der Waals surface area (Å²) in [5, 5.41) is 8.95. The Kier molecular flexibility index (Phi) is 2.26. The minimum absolute atomic E-state index is 0.0668. The van der Waals surface area contributed by atoms with Crippen molar-refractivity contribution >= 4 is 46.2 Å². The molecule has 13 heavy (non-hydrogen) atoms. The summed E-state index contributed by atoms with van der Waals surface area (Å²) in [6.07, 6.45) is 0.478. The minimum Gasteiger partial charge on any atom is -0.477 e. The van der Waals surface area contributed by atoms with Gasteiger partial charge in [0.05, 0.1) is 11.8 Å². The van der Waals surface area contributed by atoms with Crippen LogP contribution in [0.4, 0.5) is 0 Å². The second kappa shape index (κ2) is 3.16. The molecule has 0 aromatic heterocycles. The Bertz CT molecular complexity index is 328. The van der Waals surface area contributed by atoms with Crippen molar-refractivity contribution in [1.29, 1.82) is 0 Å². The fourth-order valence-corrected chi connectivity index (χ4v) is 3.51. The normalized spacial score (nSPS) is 27.0. The molecule has 0 saturated carbocycles. The monoisotopic (exact) mass is 311 g/mol. The van der Waals surface area contributed by atoms with Gasteiger partial charge >= 0.3 is 5.97 Å². The van der Waals surface area contributed by atoms with Crippen LogP contribution in [-0.4, -0.2) is 33.0 Å². The average Bonchev–Trinajstić information content (AvgIpc) is 2.05. The van der Waals surface area contributed by atoms with E-state index < -0.39 is 5.97 Å². The zero-order valence-corrected chi connectivity index (χ0v) is 9.46. The molecule has 0 radical (unpaired) electrons. The van der Waals surface area contributed by atoms with Gasteiger partial charge < -0.3 is 5.11 Å². The van der Waals surface area contributed by atoms with Crippen LogP contribution in [0, 0.1) is 0 Å². The first kappa shape index (κ1) is 9.32. The van der Waals surface area contributed by atoms with Crippen LogP contribution in [0.25, 0.3) is 0 Å². The molecule has 4 nitrogen and oxygen atoms in total. The van der Waals surface area contributed by atoms with Gasteiger partial charge in [-0.3, -0.25) is 9.69 Å². The molecule has 1 N–H and O–H groups in total. The molecule has 0 aliphatic carbocycles. The van der Waals surface area contributed by atoms with Gasteiger partial charge in [0.2, 0.25) is 5.91 Å². The number of carbonyl (C=O) groups is 2. The number of fused-ring (bicyclic) bond motifs is 1. The zero-order chi connectivity index (χ0) is 9.59.